The Hall–Kier alpha value is -1.41. The van der Waals surface area contributed by atoms with E-state index in [2.05, 4.69) is 38.7 Å². The van der Waals surface area contributed by atoms with E-state index >= 15 is 0 Å². The number of rotatable bonds is 3. The lowest BCUT2D eigenvalue weighted by Gasteiger charge is -2.47. The largest absolute Gasteiger partial charge is 0.387 e. The van der Waals surface area contributed by atoms with Crippen molar-refractivity contribution in [2.24, 2.45) is 0 Å². The SMILES string of the molecule is CC1(C)CN(CC(O)c2ccc(C#N)cc2)CC(C)(C)O1. The van der Waals surface area contributed by atoms with Crippen LogP contribution in [0.1, 0.15) is 44.9 Å². The standard InChI is InChI=1S/C17H24N2O2/c1-16(2)11-19(12-17(3,4)21-16)10-15(20)14-7-5-13(9-18)6-8-14/h5-8,15,20H,10-12H2,1-4H3. The maximum absolute atomic E-state index is 10.4. The molecular weight excluding hydrogens is 264 g/mol. The van der Waals surface area contributed by atoms with Gasteiger partial charge in [0, 0.05) is 19.6 Å². The van der Waals surface area contributed by atoms with Crippen LogP contribution in [0.3, 0.4) is 0 Å². The van der Waals surface area contributed by atoms with E-state index in [4.69, 9.17) is 10.00 Å². The third kappa shape index (κ3) is 4.28. The highest BCUT2D eigenvalue weighted by Gasteiger charge is 2.38. The molecule has 1 aromatic rings. The molecule has 0 aliphatic carbocycles. The highest BCUT2D eigenvalue weighted by Crippen LogP contribution is 2.29. The fourth-order valence-corrected chi connectivity index (χ4v) is 3.20. The molecule has 114 valence electrons. The molecule has 0 amide bonds. The molecule has 0 saturated carbocycles. The van der Waals surface area contributed by atoms with Crippen molar-refractivity contribution in [3.63, 3.8) is 0 Å². The van der Waals surface area contributed by atoms with Gasteiger partial charge >= 0.3 is 0 Å². The van der Waals surface area contributed by atoms with Crippen LogP contribution in [-0.4, -0.2) is 40.8 Å². The van der Waals surface area contributed by atoms with Crippen molar-refractivity contribution < 1.29 is 9.84 Å². The predicted molar refractivity (Wildman–Crippen MR) is 81.8 cm³/mol. The quantitative estimate of drug-likeness (QED) is 0.928. The van der Waals surface area contributed by atoms with Gasteiger partial charge in [0.05, 0.1) is 28.9 Å². The van der Waals surface area contributed by atoms with Gasteiger partial charge in [-0.25, -0.2) is 0 Å². The van der Waals surface area contributed by atoms with Crippen LogP contribution in [0.5, 0.6) is 0 Å². The van der Waals surface area contributed by atoms with Crippen LogP contribution in [0.4, 0.5) is 0 Å². The van der Waals surface area contributed by atoms with Crippen molar-refractivity contribution in [3.8, 4) is 6.07 Å². The number of β-amino-alcohol motifs (C(OH)–C–C–N with tert-alkyl or cyclic N) is 1. The van der Waals surface area contributed by atoms with E-state index in [1.807, 2.05) is 12.1 Å². The molecule has 2 rings (SSSR count). The molecular formula is C17H24N2O2. The van der Waals surface area contributed by atoms with Gasteiger partial charge < -0.3 is 9.84 Å². The molecule has 1 N–H and O–H groups in total. The van der Waals surface area contributed by atoms with Crippen LogP contribution < -0.4 is 0 Å². The van der Waals surface area contributed by atoms with Crippen LogP contribution in [0.2, 0.25) is 0 Å². The second-order valence-corrected chi connectivity index (χ2v) is 7.04. The number of aliphatic hydroxyl groups is 1. The van der Waals surface area contributed by atoms with Crippen molar-refractivity contribution in [2.75, 3.05) is 19.6 Å². The number of ether oxygens (including phenoxy) is 1. The number of hydrogen-bond donors (Lipinski definition) is 1. The van der Waals surface area contributed by atoms with E-state index in [9.17, 15) is 5.11 Å². The highest BCUT2D eigenvalue weighted by molar-refractivity contribution is 5.32. The summed E-state index contributed by atoms with van der Waals surface area (Å²) < 4.78 is 6.05. The summed E-state index contributed by atoms with van der Waals surface area (Å²) in [4.78, 5) is 2.24. The number of nitriles is 1. The average molecular weight is 288 g/mol. The Morgan fingerprint density at radius 1 is 1.19 bits per heavy atom. The minimum atomic E-state index is -0.553. The summed E-state index contributed by atoms with van der Waals surface area (Å²) in [6.07, 6.45) is -0.553. The summed E-state index contributed by atoms with van der Waals surface area (Å²) in [7, 11) is 0. The zero-order valence-corrected chi connectivity index (χ0v) is 13.3. The van der Waals surface area contributed by atoms with E-state index in [0.717, 1.165) is 18.7 Å². The molecule has 4 heteroatoms. The zero-order chi connectivity index (χ0) is 15.7. The summed E-state index contributed by atoms with van der Waals surface area (Å²) in [5.74, 6) is 0. The summed E-state index contributed by atoms with van der Waals surface area (Å²) in [6.45, 7) is 10.5. The first kappa shape index (κ1) is 16.0. The number of aliphatic hydroxyl groups excluding tert-OH is 1. The second kappa shape index (κ2) is 5.76. The van der Waals surface area contributed by atoms with Gasteiger partial charge in [-0.05, 0) is 45.4 Å². The number of morpholine rings is 1. The number of benzene rings is 1. The molecule has 4 nitrogen and oxygen atoms in total. The fraction of sp³-hybridized carbons (Fsp3) is 0.588. The van der Waals surface area contributed by atoms with Crippen LogP contribution in [0.25, 0.3) is 0 Å². The Kier molecular flexibility index (Phi) is 4.38. The van der Waals surface area contributed by atoms with Gasteiger partial charge in [-0.15, -0.1) is 0 Å². The maximum atomic E-state index is 10.4. The molecule has 1 atom stereocenters. The van der Waals surface area contributed by atoms with E-state index in [0.29, 0.717) is 12.1 Å². The van der Waals surface area contributed by atoms with Crippen LogP contribution >= 0.6 is 0 Å². The molecule has 1 aliphatic rings. The molecule has 21 heavy (non-hydrogen) atoms. The smallest absolute Gasteiger partial charge is 0.0991 e. The Balaban J connectivity index is 2.04. The van der Waals surface area contributed by atoms with Gasteiger partial charge in [-0.2, -0.15) is 5.26 Å². The monoisotopic (exact) mass is 288 g/mol. The van der Waals surface area contributed by atoms with Crippen LogP contribution in [0.15, 0.2) is 24.3 Å². The van der Waals surface area contributed by atoms with Gasteiger partial charge in [-0.3, -0.25) is 4.90 Å². The Labute approximate surface area is 127 Å². The molecule has 1 heterocycles. The molecule has 0 bridgehead atoms. The molecule has 1 saturated heterocycles. The third-order valence-corrected chi connectivity index (χ3v) is 3.62. The maximum Gasteiger partial charge on any atom is 0.0991 e. The topological polar surface area (TPSA) is 56.5 Å². The lowest BCUT2D eigenvalue weighted by atomic mass is 9.98. The van der Waals surface area contributed by atoms with Gasteiger partial charge in [0.2, 0.25) is 0 Å². The molecule has 1 fully saturated rings. The van der Waals surface area contributed by atoms with E-state index in [1.165, 1.54) is 0 Å². The Morgan fingerprint density at radius 2 is 1.71 bits per heavy atom. The predicted octanol–water partition coefficient (Wildman–Crippen LogP) is 2.48. The van der Waals surface area contributed by atoms with Crippen molar-refractivity contribution in [1.82, 2.24) is 4.90 Å². The van der Waals surface area contributed by atoms with Crippen LogP contribution in [0, 0.1) is 11.3 Å². The van der Waals surface area contributed by atoms with E-state index in [1.54, 1.807) is 12.1 Å². The molecule has 1 unspecified atom stereocenters. The average Bonchev–Trinajstić information content (AvgIpc) is 2.35. The summed E-state index contributed by atoms with van der Waals surface area (Å²) in [5, 5.41) is 19.2. The van der Waals surface area contributed by atoms with Crippen molar-refractivity contribution in [2.45, 2.75) is 45.0 Å². The lowest BCUT2D eigenvalue weighted by molar-refractivity contribution is -0.183. The minimum Gasteiger partial charge on any atom is -0.387 e. The van der Waals surface area contributed by atoms with E-state index in [-0.39, 0.29) is 11.2 Å². The normalized spacial score (nSPS) is 22.5. The first-order valence-electron chi connectivity index (χ1n) is 7.31. The number of nitrogens with zero attached hydrogens (tertiary/aromatic N) is 2. The third-order valence-electron chi connectivity index (χ3n) is 3.62. The molecule has 1 aromatic carbocycles. The first-order chi connectivity index (χ1) is 9.71. The van der Waals surface area contributed by atoms with Crippen LogP contribution in [-0.2, 0) is 4.74 Å². The van der Waals surface area contributed by atoms with E-state index < -0.39 is 6.10 Å². The van der Waals surface area contributed by atoms with Gasteiger partial charge in [0.1, 0.15) is 0 Å². The zero-order valence-electron chi connectivity index (χ0n) is 13.3. The van der Waals surface area contributed by atoms with Crippen molar-refractivity contribution >= 4 is 0 Å². The molecule has 1 aliphatic heterocycles. The van der Waals surface area contributed by atoms with Crippen molar-refractivity contribution in [3.05, 3.63) is 35.4 Å². The highest BCUT2D eigenvalue weighted by atomic mass is 16.5. The Bertz CT molecular complexity index is 513. The van der Waals surface area contributed by atoms with Gasteiger partial charge in [0.25, 0.3) is 0 Å². The van der Waals surface area contributed by atoms with Gasteiger partial charge in [-0.1, -0.05) is 12.1 Å². The molecule has 0 aromatic heterocycles. The lowest BCUT2D eigenvalue weighted by Crippen LogP contribution is -2.57. The van der Waals surface area contributed by atoms with Crippen molar-refractivity contribution in [1.29, 1.82) is 5.26 Å². The second-order valence-electron chi connectivity index (χ2n) is 7.04. The summed E-state index contributed by atoms with van der Waals surface area (Å²) in [5.41, 5.74) is 1.02. The summed E-state index contributed by atoms with van der Waals surface area (Å²) in [6, 6.07) is 9.21. The molecule has 0 spiro atoms. The first-order valence-corrected chi connectivity index (χ1v) is 7.31. The Morgan fingerprint density at radius 3 is 2.19 bits per heavy atom. The molecule has 0 radical (unpaired) electrons. The minimum absolute atomic E-state index is 0.216. The van der Waals surface area contributed by atoms with Gasteiger partial charge in [0.15, 0.2) is 0 Å². The number of hydrogen-bond acceptors (Lipinski definition) is 4. The summed E-state index contributed by atoms with van der Waals surface area (Å²) >= 11 is 0. The fourth-order valence-electron chi connectivity index (χ4n) is 3.20.